The monoisotopic (exact) mass is 618 g/mol. The highest BCUT2D eigenvalue weighted by Crippen LogP contribution is 2.35. The number of unbranched alkanes of at least 4 members (excludes halogenated alkanes) is 5. The number of alkyl halides is 1. The fourth-order valence-corrected chi connectivity index (χ4v) is 4.66. The molecule has 0 amide bonds. The maximum absolute atomic E-state index is 13.6. The Kier molecular flexibility index (Phi) is 11.5. The maximum Gasteiger partial charge on any atom is 0.163 e. The normalized spacial score (nSPS) is 12.5. The molecule has 0 saturated heterocycles. The first-order chi connectivity index (χ1) is 19.1. The molecule has 3 aromatic rings. The lowest BCUT2D eigenvalue weighted by Crippen LogP contribution is -2.16. The van der Waals surface area contributed by atoms with Crippen LogP contribution in [-0.2, 0) is 4.74 Å². The lowest BCUT2D eigenvalue weighted by molar-refractivity contribution is 0.253. The van der Waals surface area contributed by atoms with Gasteiger partial charge >= 0.3 is 0 Å². The molecular formula is C29H33BrClFN4O3. The zero-order valence-corrected chi connectivity index (χ0v) is 24.1. The summed E-state index contributed by atoms with van der Waals surface area (Å²) >= 11 is 9.45. The number of rotatable bonds is 16. The maximum atomic E-state index is 13.6. The lowest BCUT2D eigenvalue weighted by atomic mass is 10.1. The number of anilines is 2. The van der Waals surface area contributed by atoms with Crippen LogP contribution in [0.15, 0.2) is 61.6 Å². The van der Waals surface area contributed by atoms with E-state index in [0.29, 0.717) is 41.7 Å². The van der Waals surface area contributed by atoms with E-state index in [9.17, 15) is 4.39 Å². The van der Waals surface area contributed by atoms with Crippen LogP contribution < -0.4 is 14.8 Å². The molecule has 1 aliphatic rings. The van der Waals surface area contributed by atoms with Gasteiger partial charge in [0, 0.05) is 41.4 Å². The fourth-order valence-electron chi connectivity index (χ4n) is 4.09. The number of ether oxygens (including phenoxy) is 3. The van der Waals surface area contributed by atoms with Crippen LogP contribution in [0.3, 0.4) is 0 Å². The van der Waals surface area contributed by atoms with Gasteiger partial charge in [0.25, 0.3) is 0 Å². The summed E-state index contributed by atoms with van der Waals surface area (Å²) < 4.78 is 31.1. The molecular weight excluding hydrogens is 587 g/mol. The molecule has 0 aliphatic carbocycles. The Morgan fingerprint density at radius 2 is 1.62 bits per heavy atom. The average Bonchev–Trinajstić information content (AvgIpc) is 2.95. The molecule has 2 aromatic carbocycles. The molecule has 1 aromatic heterocycles. The lowest BCUT2D eigenvalue weighted by Gasteiger charge is -2.18. The summed E-state index contributed by atoms with van der Waals surface area (Å²) in [5.74, 6) is 1.37. The molecule has 4 rings (SSSR count). The van der Waals surface area contributed by atoms with Gasteiger partial charge in [-0.05, 0) is 43.5 Å². The van der Waals surface area contributed by atoms with Crippen LogP contribution in [0, 0.1) is 5.82 Å². The summed E-state index contributed by atoms with van der Waals surface area (Å²) in [6.07, 6.45) is 16.3. The van der Waals surface area contributed by atoms with Crippen molar-refractivity contribution in [1.82, 2.24) is 14.9 Å². The highest BCUT2D eigenvalue weighted by molar-refractivity contribution is 9.09. The molecule has 0 bridgehead atoms. The molecule has 0 atom stereocenters. The SMILES string of the molecule is Fc1ccc(Nc2ncnc3cc(OCCCCCCCCBr)c(OCCCN4C=COC=C4)cc23)cc1Cl. The van der Waals surface area contributed by atoms with Gasteiger partial charge < -0.3 is 24.4 Å². The van der Waals surface area contributed by atoms with E-state index in [2.05, 4.69) is 31.2 Å². The van der Waals surface area contributed by atoms with Gasteiger partial charge in [0.1, 0.15) is 30.5 Å². The largest absolute Gasteiger partial charge is 0.490 e. The number of benzene rings is 2. The molecule has 1 aliphatic heterocycles. The van der Waals surface area contributed by atoms with E-state index < -0.39 is 5.82 Å². The van der Waals surface area contributed by atoms with Gasteiger partial charge in [0.2, 0.25) is 0 Å². The fraction of sp³-hybridized carbons (Fsp3) is 0.379. The predicted molar refractivity (Wildman–Crippen MR) is 157 cm³/mol. The van der Waals surface area contributed by atoms with Gasteiger partial charge in [-0.3, -0.25) is 0 Å². The first-order valence-electron chi connectivity index (χ1n) is 13.2. The third kappa shape index (κ3) is 9.00. The molecule has 0 fully saturated rings. The summed E-state index contributed by atoms with van der Waals surface area (Å²) in [7, 11) is 0. The minimum atomic E-state index is -0.478. The first-order valence-corrected chi connectivity index (χ1v) is 14.7. The molecule has 0 spiro atoms. The number of fused-ring (bicyclic) bond motifs is 1. The Morgan fingerprint density at radius 1 is 0.897 bits per heavy atom. The van der Waals surface area contributed by atoms with E-state index in [1.165, 1.54) is 44.1 Å². The molecule has 7 nitrogen and oxygen atoms in total. The summed E-state index contributed by atoms with van der Waals surface area (Å²) in [6, 6.07) is 8.23. The second-order valence-electron chi connectivity index (χ2n) is 9.10. The van der Waals surface area contributed by atoms with Crippen LogP contribution in [0.2, 0.25) is 5.02 Å². The molecule has 39 heavy (non-hydrogen) atoms. The van der Waals surface area contributed by atoms with Crippen molar-refractivity contribution < 1.29 is 18.6 Å². The summed E-state index contributed by atoms with van der Waals surface area (Å²) in [5.41, 5.74) is 1.33. The van der Waals surface area contributed by atoms with Crippen molar-refractivity contribution in [1.29, 1.82) is 0 Å². The predicted octanol–water partition coefficient (Wildman–Crippen LogP) is 8.32. The zero-order chi connectivity index (χ0) is 27.3. The zero-order valence-electron chi connectivity index (χ0n) is 21.8. The number of halogens is 3. The van der Waals surface area contributed by atoms with Gasteiger partial charge in [-0.1, -0.05) is 53.2 Å². The number of nitrogens with zero attached hydrogens (tertiary/aromatic N) is 3. The Balaban J connectivity index is 1.46. The number of hydrogen-bond donors (Lipinski definition) is 1. The Morgan fingerprint density at radius 3 is 2.38 bits per heavy atom. The van der Waals surface area contributed by atoms with E-state index in [-0.39, 0.29) is 5.02 Å². The molecule has 0 radical (unpaired) electrons. The van der Waals surface area contributed by atoms with Crippen LogP contribution >= 0.6 is 27.5 Å². The van der Waals surface area contributed by atoms with Gasteiger partial charge in [0.15, 0.2) is 11.5 Å². The molecule has 0 unspecified atom stereocenters. The van der Waals surface area contributed by atoms with Crippen molar-refractivity contribution >= 4 is 49.9 Å². The summed E-state index contributed by atoms with van der Waals surface area (Å²) in [5, 5.41) is 5.08. The summed E-state index contributed by atoms with van der Waals surface area (Å²) in [4.78, 5) is 10.9. The smallest absolute Gasteiger partial charge is 0.163 e. The van der Waals surface area contributed by atoms with Crippen molar-refractivity contribution in [3.05, 3.63) is 72.4 Å². The van der Waals surface area contributed by atoms with Crippen LogP contribution in [0.4, 0.5) is 15.9 Å². The minimum Gasteiger partial charge on any atom is -0.490 e. The molecule has 2 heterocycles. The van der Waals surface area contributed by atoms with Crippen molar-refractivity contribution in [3.8, 4) is 11.5 Å². The number of hydrogen-bond acceptors (Lipinski definition) is 7. The van der Waals surface area contributed by atoms with Gasteiger partial charge in [-0.25, -0.2) is 14.4 Å². The van der Waals surface area contributed by atoms with Crippen molar-refractivity contribution in [2.45, 2.75) is 44.9 Å². The van der Waals surface area contributed by atoms with Gasteiger partial charge in [-0.15, -0.1) is 0 Å². The highest BCUT2D eigenvalue weighted by atomic mass is 79.9. The van der Waals surface area contributed by atoms with Crippen LogP contribution in [0.25, 0.3) is 10.9 Å². The number of aromatic nitrogens is 2. The highest BCUT2D eigenvalue weighted by Gasteiger charge is 2.14. The molecule has 0 saturated carbocycles. The Bertz CT molecular complexity index is 1260. The van der Waals surface area contributed by atoms with Crippen LogP contribution in [-0.4, -0.2) is 40.0 Å². The standard InChI is InChI=1S/C29H33BrClFN4O3/c30-10-5-3-1-2-4-6-14-38-28-20-26-23(19-27(28)39-15-7-11-36-12-16-37-17-13-36)29(34-21-33-26)35-22-8-9-25(32)24(31)18-22/h8-9,12-13,16-21H,1-7,10-11,14-15H2,(H,33,34,35). The van der Waals surface area contributed by atoms with E-state index in [0.717, 1.165) is 36.5 Å². The van der Waals surface area contributed by atoms with E-state index >= 15 is 0 Å². The molecule has 208 valence electrons. The van der Waals surface area contributed by atoms with E-state index in [1.54, 1.807) is 18.6 Å². The van der Waals surface area contributed by atoms with Crippen LogP contribution in [0.1, 0.15) is 44.9 Å². The van der Waals surface area contributed by atoms with Crippen molar-refractivity contribution in [3.63, 3.8) is 0 Å². The molecule has 1 N–H and O–H groups in total. The van der Waals surface area contributed by atoms with Gasteiger partial charge in [-0.2, -0.15) is 0 Å². The van der Waals surface area contributed by atoms with E-state index in [1.807, 2.05) is 29.4 Å². The quantitative estimate of drug-likeness (QED) is 0.128. The summed E-state index contributed by atoms with van der Waals surface area (Å²) in [6.45, 7) is 1.89. The van der Waals surface area contributed by atoms with Crippen molar-refractivity contribution in [2.75, 3.05) is 30.4 Å². The Labute approximate surface area is 242 Å². The van der Waals surface area contributed by atoms with E-state index in [4.69, 9.17) is 25.8 Å². The third-order valence-electron chi connectivity index (χ3n) is 6.15. The number of nitrogens with one attached hydrogen (secondary N) is 1. The van der Waals surface area contributed by atoms with Crippen molar-refractivity contribution in [2.24, 2.45) is 0 Å². The second kappa shape index (κ2) is 15.5. The first kappa shape index (κ1) is 29.0. The molecule has 10 heteroatoms. The third-order valence-corrected chi connectivity index (χ3v) is 7.00. The Hall–Kier alpha value is -3.04. The topological polar surface area (TPSA) is 68.7 Å². The van der Waals surface area contributed by atoms with Gasteiger partial charge in [0.05, 0.1) is 23.8 Å². The average molecular weight is 620 g/mol. The van der Waals surface area contributed by atoms with Crippen LogP contribution in [0.5, 0.6) is 11.5 Å². The minimum absolute atomic E-state index is 0.0335. The second-order valence-corrected chi connectivity index (χ2v) is 10.3.